The molecule has 1 N–H and O–H groups in total. The Kier molecular flexibility index (Phi) is 4.20. The van der Waals surface area contributed by atoms with E-state index in [1.807, 2.05) is 12.1 Å². The van der Waals surface area contributed by atoms with Gasteiger partial charge in [-0.05, 0) is 38.9 Å². The highest BCUT2D eigenvalue weighted by molar-refractivity contribution is 5.63. The van der Waals surface area contributed by atoms with Crippen LogP contribution < -0.4 is 19.7 Å². The molecule has 1 aromatic carbocycles. The van der Waals surface area contributed by atoms with Gasteiger partial charge in [0.1, 0.15) is 11.5 Å². The third-order valence-corrected chi connectivity index (χ3v) is 3.83. The molecule has 1 heterocycles. The van der Waals surface area contributed by atoms with Gasteiger partial charge in [-0.3, -0.25) is 0 Å². The van der Waals surface area contributed by atoms with Gasteiger partial charge >= 0.3 is 0 Å². The molecule has 1 aliphatic heterocycles. The molecule has 1 saturated heterocycles. The van der Waals surface area contributed by atoms with Gasteiger partial charge in [0, 0.05) is 24.7 Å². The van der Waals surface area contributed by atoms with Crippen LogP contribution in [0.3, 0.4) is 0 Å². The van der Waals surface area contributed by atoms with Crippen LogP contribution >= 0.6 is 0 Å². The van der Waals surface area contributed by atoms with Crippen LogP contribution in [-0.4, -0.2) is 39.4 Å². The Morgan fingerprint density at radius 2 is 1.95 bits per heavy atom. The van der Waals surface area contributed by atoms with E-state index >= 15 is 0 Å². The molecular weight excluding hydrogens is 240 g/mol. The van der Waals surface area contributed by atoms with Crippen LogP contribution in [0.25, 0.3) is 0 Å². The first-order valence-corrected chi connectivity index (χ1v) is 6.79. The fourth-order valence-corrected chi connectivity index (χ4v) is 2.60. The van der Waals surface area contributed by atoms with Gasteiger partial charge in [-0.25, -0.2) is 0 Å². The maximum Gasteiger partial charge on any atom is 0.142 e. The largest absolute Gasteiger partial charge is 0.497 e. The van der Waals surface area contributed by atoms with E-state index in [1.165, 1.54) is 0 Å². The molecule has 0 aliphatic carbocycles. The number of hydrogen-bond donors (Lipinski definition) is 1. The number of rotatable bonds is 3. The normalized spacial score (nSPS) is 18.8. The van der Waals surface area contributed by atoms with Crippen LogP contribution in [0.1, 0.15) is 20.3 Å². The Bertz CT molecular complexity index is 432. The first-order chi connectivity index (χ1) is 9.08. The minimum Gasteiger partial charge on any atom is -0.497 e. The van der Waals surface area contributed by atoms with E-state index in [2.05, 4.69) is 30.1 Å². The lowest BCUT2D eigenvalue weighted by Gasteiger charge is -2.39. The minimum atomic E-state index is 0.100. The van der Waals surface area contributed by atoms with Crippen LogP contribution in [0.5, 0.6) is 11.5 Å². The molecule has 0 atom stereocenters. The van der Waals surface area contributed by atoms with Crippen molar-refractivity contribution < 1.29 is 9.47 Å². The van der Waals surface area contributed by atoms with Gasteiger partial charge < -0.3 is 19.7 Å². The van der Waals surface area contributed by atoms with Crippen LogP contribution in [0.15, 0.2) is 18.2 Å². The van der Waals surface area contributed by atoms with Gasteiger partial charge in [-0.1, -0.05) is 0 Å². The summed E-state index contributed by atoms with van der Waals surface area (Å²) in [5.41, 5.74) is 1.21. The summed E-state index contributed by atoms with van der Waals surface area (Å²) in [7, 11) is 3.41. The number of anilines is 1. The quantitative estimate of drug-likeness (QED) is 0.908. The SMILES string of the molecule is COc1ccc(OC)c(N2CCNCCC2(C)C)c1. The fraction of sp³-hybridized carbons (Fsp3) is 0.600. The smallest absolute Gasteiger partial charge is 0.142 e. The van der Waals surface area contributed by atoms with Crippen molar-refractivity contribution in [1.29, 1.82) is 0 Å². The topological polar surface area (TPSA) is 33.7 Å². The molecular formula is C15H24N2O2. The predicted molar refractivity (Wildman–Crippen MR) is 78.5 cm³/mol. The second-order valence-electron chi connectivity index (χ2n) is 5.50. The fourth-order valence-electron chi connectivity index (χ4n) is 2.60. The summed E-state index contributed by atoms with van der Waals surface area (Å²) in [4.78, 5) is 2.41. The lowest BCUT2D eigenvalue weighted by atomic mass is 9.97. The molecule has 19 heavy (non-hydrogen) atoms. The molecule has 4 heteroatoms. The number of hydrogen-bond acceptors (Lipinski definition) is 4. The van der Waals surface area contributed by atoms with Gasteiger partial charge in [-0.15, -0.1) is 0 Å². The Labute approximate surface area is 115 Å². The third kappa shape index (κ3) is 2.95. The van der Waals surface area contributed by atoms with Gasteiger partial charge in [0.15, 0.2) is 0 Å². The van der Waals surface area contributed by atoms with Crippen LogP contribution in [0.2, 0.25) is 0 Å². The molecule has 0 aromatic heterocycles. The molecule has 0 saturated carbocycles. The molecule has 2 rings (SSSR count). The Morgan fingerprint density at radius 1 is 1.16 bits per heavy atom. The highest BCUT2D eigenvalue weighted by Gasteiger charge is 2.30. The maximum atomic E-state index is 5.51. The second kappa shape index (κ2) is 5.70. The summed E-state index contributed by atoms with van der Waals surface area (Å²) in [6.45, 7) is 7.56. The van der Waals surface area contributed by atoms with E-state index in [1.54, 1.807) is 14.2 Å². The van der Waals surface area contributed by atoms with Gasteiger partial charge in [0.2, 0.25) is 0 Å². The van der Waals surface area contributed by atoms with Crippen molar-refractivity contribution in [2.75, 3.05) is 38.8 Å². The number of nitrogens with zero attached hydrogens (tertiary/aromatic N) is 1. The summed E-state index contributed by atoms with van der Waals surface area (Å²) in [6, 6.07) is 5.97. The van der Waals surface area contributed by atoms with Crippen molar-refractivity contribution in [2.24, 2.45) is 0 Å². The summed E-state index contributed by atoms with van der Waals surface area (Å²) in [6.07, 6.45) is 1.10. The van der Waals surface area contributed by atoms with Crippen molar-refractivity contribution in [3.05, 3.63) is 18.2 Å². The number of ether oxygens (including phenoxy) is 2. The summed E-state index contributed by atoms with van der Waals surface area (Å²) in [5, 5.41) is 3.45. The van der Waals surface area contributed by atoms with E-state index in [0.29, 0.717) is 0 Å². The van der Waals surface area contributed by atoms with Crippen LogP contribution in [-0.2, 0) is 0 Å². The molecule has 1 fully saturated rings. The highest BCUT2D eigenvalue weighted by atomic mass is 16.5. The van der Waals surface area contributed by atoms with Crippen molar-refractivity contribution in [2.45, 2.75) is 25.8 Å². The minimum absolute atomic E-state index is 0.100. The summed E-state index contributed by atoms with van der Waals surface area (Å²) in [5.74, 6) is 1.76. The molecule has 1 aromatic rings. The lowest BCUT2D eigenvalue weighted by molar-refractivity contribution is 0.394. The molecule has 0 spiro atoms. The number of methoxy groups -OCH3 is 2. The van der Waals surface area contributed by atoms with Crippen molar-refractivity contribution >= 4 is 5.69 Å². The first-order valence-electron chi connectivity index (χ1n) is 6.79. The second-order valence-corrected chi connectivity index (χ2v) is 5.50. The highest BCUT2D eigenvalue weighted by Crippen LogP contribution is 2.37. The van der Waals surface area contributed by atoms with E-state index < -0.39 is 0 Å². The molecule has 106 valence electrons. The molecule has 0 unspecified atom stereocenters. The van der Waals surface area contributed by atoms with Crippen LogP contribution in [0.4, 0.5) is 5.69 Å². The Morgan fingerprint density at radius 3 is 2.63 bits per heavy atom. The van der Waals surface area contributed by atoms with Crippen molar-refractivity contribution in [3.8, 4) is 11.5 Å². The molecule has 0 amide bonds. The standard InChI is InChI=1S/C15H24N2O2/c1-15(2)7-8-16-9-10-17(15)13-11-12(18-3)5-6-14(13)19-4/h5-6,11,16H,7-10H2,1-4H3. The average molecular weight is 264 g/mol. The third-order valence-electron chi connectivity index (χ3n) is 3.83. The first kappa shape index (κ1) is 14.0. The van der Waals surface area contributed by atoms with Gasteiger partial charge in [0.05, 0.1) is 19.9 Å². The predicted octanol–water partition coefficient (Wildman–Crippen LogP) is 2.28. The maximum absolute atomic E-state index is 5.51. The van der Waals surface area contributed by atoms with Crippen molar-refractivity contribution in [1.82, 2.24) is 5.32 Å². The number of nitrogens with one attached hydrogen (secondary N) is 1. The Balaban J connectivity index is 2.42. The molecule has 0 bridgehead atoms. The zero-order valence-corrected chi connectivity index (χ0v) is 12.3. The Hall–Kier alpha value is -1.42. The molecule has 1 aliphatic rings. The van der Waals surface area contributed by atoms with E-state index in [-0.39, 0.29) is 5.54 Å². The van der Waals surface area contributed by atoms with Crippen LogP contribution in [0, 0.1) is 0 Å². The van der Waals surface area contributed by atoms with E-state index in [0.717, 1.165) is 43.2 Å². The van der Waals surface area contributed by atoms with Crippen molar-refractivity contribution in [3.63, 3.8) is 0 Å². The summed E-state index contributed by atoms with van der Waals surface area (Å²) < 4.78 is 10.9. The van der Waals surface area contributed by atoms with Gasteiger partial charge in [-0.2, -0.15) is 0 Å². The lowest BCUT2D eigenvalue weighted by Crippen LogP contribution is -2.44. The monoisotopic (exact) mass is 264 g/mol. The zero-order chi connectivity index (χ0) is 13.9. The molecule has 4 nitrogen and oxygen atoms in total. The molecule has 0 radical (unpaired) electrons. The van der Waals surface area contributed by atoms with E-state index in [9.17, 15) is 0 Å². The average Bonchev–Trinajstić information content (AvgIpc) is 2.58. The zero-order valence-electron chi connectivity index (χ0n) is 12.3. The van der Waals surface area contributed by atoms with Gasteiger partial charge in [0.25, 0.3) is 0 Å². The van der Waals surface area contributed by atoms with E-state index in [4.69, 9.17) is 9.47 Å². The summed E-state index contributed by atoms with van der Waals surface area (Å²) >= 11 is 0. The number of benzene rings is 1.